The number of amides is 1. The number of nitrogens with one attached hydrogen (secondary N) is 1. The van der Waals surface area contributed by atoms with Crippen LogP contribution in [0.4, 0.5) is 0 Å². The van der Waals surface area contributed by atoms with Crippen molar-refractivity contribution in [3.05, 3.63) is 64.7 Å². The highest BCUT2D eigenvalue weighted by Crippen LogP contribution is 2.19. The lowest BCUT2D eigenvalue weighted by Crippen LogP contribution is -2.37. The van der Waals surface area contributed by atoms with E-state index in [2.05, 4.69) is 34.5 Å². The summed E-state index contributed by atoms with van der Waals surface area (Å²) in [6, 6.07) is 15.6. The fourth-order valence-corrected chi connectivity index (χ4v) is 3.72. The highest BCUT2D eigenvalue weighted by atomic mass is 35.5. The van der Waals surface area contributed by atoms with Crippen LogP contribution in [0.2, 0.25) is 5.02 Å². The van der Waals surface area contributed by atoms with Crippen molar-refractivity contribution in [3.8, 4) is 5.75 Å². The fraction of sp³-hybridized carbons (Fsp3) is 0.435. The number of rotatable bonds is 8. The van der Waals surface area contributed by atoms with Crippen molar-refractivity contribution >= 4 is 17.5 Å². The van der Waals surface area contributed by atoms with Crippen molar-refractivity contribution in [1.29, 1.82) is 0 Å². The lowest BCUT2D eigenvalue weighted by Gasteiger charge is -2.26. The molecule has 0 aromatic heterocycles. The molecule has 1 N–H and O–H groups in total. The van der Waals surface area contributed by atoms with Crippen LogP contribution in [0.25, 0.3) is 0 Å². The minimum atomic E-state index is -0.532. The molecule has 0 saturated carbocycles. The lowest BCUT2D eigenvalue weighted by molar-refractivity contribution is -0.128. The summed E-state index contributed by atoms with van der Waals surface area (Å²) in [6.07, 6.45) is 3.99. The first-order valence-corrected chi connectivity index (χ1v) is 10.5. The van der Waals surface area contributed by atoms with Crippen LogP contribution < -0.4 is 10.1 Å². The molecule has 150 valence electrons. The highest BCUT2D eigenvalue weighted by Gasteiger charge is 2.18. The van der Waals surface area contributed by atoms with Crippen LogP contribution in [0.3, 0.4) is 0 Å². The molecule has 0 bridgehead atoms. The quantitative estimate of drug-likeness (QED) is 0.692. The van der Waals surface area contributed by atoms with Crippen molar-refractivity contribution in [2.24, 2.45) is 0 Å². The van der Waals surface area contributed by atoms with E-state index in [1.165, 1.54) is 37.9 Å². The Labute approximate surface area is 172 Å². The van der Waals surface area contributed by atoms with Gasteiger partial charge in [0, 0.05) is 18.1 Å². The maximum absolute atomic E-state index is 12.6. The molecule has 1 heterocycles. The standard InChI is InChI=1S/C23H29ClN2O2/c1-2-22(28-21-11-7-10-20(24)15-21)23(27)25-16-18-8-6-9-19(14-18)17-26-12-4-3-5-13-26/h6-11,14-15,22H,2-5,12-13,16-17H2,1H3,(H,25,27)/t22-/m0/s1. The Balaban J connectivity index is 1.53. The average Bonchev–Trinajstić information content (AvgIpc) is 2.71. The molecule has 4 nitrogen and oxygen atoms in total. The van der Waals surface area contributed by atoms with Crippen LogP contribution in [0.5, 0.6) is 5.75 Å². The first kappa shape index (κ1) is 20.7. The molecule has 2 aromatic carbocycles. The molecule has 2 aromatic rings. The van der Waals surface area contributed by atoms with E-state index in [1.807, 2.05) is 19.1 Å². The van der Waals surface area contributed by atoms with Crippen molar-refractivity contribution < 1.29 is 9.53 Å². The van der Waals surface area contributed by atoms with E-state index in [4.69, 9.17) is 16.3 Å². The number of piperidine rings is 1. The van der Waals surface area contributed by atoms with Gasteiger partial charge in [0.05, 0.1) is 0 Å². The second-order valence-corrected chi connectivity index (χ2v) is 7.78. The van der Waals surface area contributed by atoms with E-state index < -0.39 is 6.10 Å². The molecule has 28 heavy (non-hydrogen) atoms. The van der Waals surface area contributed by atoms with E-state index in [-0.39, 0.29) is 5.91 Å². The summed E-state index contributed by atoms with van der Waals surface area (Å²) in [5.41, 5.74) is 2.41. The van der Waals surface area contributed by atoms with E-state index in [1.54, 1.807) is 12.1 Å². The number of carbonyl (C=O) groups is 1. The monoisotopic (exact) mass is 400 g/mol. The third-order valence-electron chi connectivity index (χ3n) is 5.05. The normalized spacial score (nSPS) is 15.8. The van der Waals surface area contributed by atoms with Crippen LogP contribution in [-0.4, -0.2) is 30.0 Å². The molecule has 1 aliphatic heterocycles. The van der Waals surface area contributed by atoms with Crippen LogP contribution in [0.15, 0.2) is 48.5 Å². The van der Waals surface area contributed by atoms with E-state index in [9.17, 15) is 4.79 Å². The molecule has 1 aliphatic rings. The number of carbonyl (C=O) groups excluding carboxylic acids is 1. The van der Waals surface area contributed by atoms with Crippen molar-refractivity contribution in [1.82, 2.24) is 10.2 Å². The fourth-order valence-electron chi connectivity index (χ4n) is 3.54. The van der Waals surface area contributed by atoms with Gasteiger partial charge >= 0.3 is 0 Å². The van der Waals surface area contributed by atoms with Crippen molar-refractivity contribution in [2.75, 3.05) is 13.1 Å². The first-order chi connectivity index (χ1) is 13.6. The Morgan fingerprint density at radius 1 is 1.11 bits per heavy atom. The zero-order chi connectivity index (χ0) is 19.8. The third kappa shape index (κ3) is 6.25. The summed E-state index contributed by atoms with van der Waals surface area (Å²) in [7, 11) is 0. The van der Waals surface area contributed by atoms with Crippen LogP contribution in [-0.2, 0) is 17.9 Å². The molecule has 1 amide bonds. The number of benzene rings is 2. The average molecular weight is 401 g/mol. The summed E-state index contributed by atoms with van der Waals surface area (Å²) in [5.74, 6) is 0.502. The Kier molecular flexibility index (Phi) is 7.75. The second kappa shape index (κ2) is 10.5. The first-order valence-electron chi connectivity index (χ1n) is 10.1. The van der Waals surface area contributed by atoms with Gasteiger partial charge in [0.25, 0.3) is 5.91 Å². The van der Waals surface area contributed by atoms with Gasteiger partial charge in [0.15, 0.2) is 6.10 Å². The zero-order valence-electron chi connectivity index (χ0n) is 16.5. The summed E-state index contributed by atoms with van der Waals surface area (Å²) in [6.45, 7) is 5.79. The molecule has 0 radical (unpaired) electrons. The summed E-state index contributed by atoms with van der Waals surface area (Å²) in [5, 5.41) is 3.60. The van der Waals surface area contributed by atoms with Gasteiger partial charge in [-0.05, 0) is 61.7 Å². The van der Waals surface area contributed by atoms with Gasteiger partial charge in [-0.3, -0.25) is 9.69 Å². The molecule has 0 spiro atoms. The van der Waals surface area contributed by atoms with E-state index in [0.29, 0.717) is 23.7 Å². The van der Waals surface area contributed by atoms with Crippen molar-refractivity contribution in [2.45, 2.75) is 51.8 Å². The zero-order valence-corrected chi connectivity index (χ0v) is 17.3. The highest BCUT2D eigenvalue weighted by molar-refractivity contribution is 6.30. The molecule has 1 saturated heterocycles. The summed E-state index contributed by atoms with van der Waals surface area (Å²) >= 11 is 5.99. The predicted octanol–water partition coefficient (Wildman–Crippen LogP) is 4.80. The number of likely N-dealkylation sites (tertiary alicyclic amines) is 1. The van der Waals surface area contributed by atoms with E-state index >= 15 is 0 Å². The Bertz CT molecular complexity index is 775. The van der Waals surface area contributed by atoms with Gasteiger partial charge in [0.2, 0.25) is 0 Å². The summed E-state index contributed by atoms with van der Waals surface area (Å²) < 4.78 is 5.82. The minimum Gasteiger partial charge on any atom is -0.481 e. The molecule has 5 heteroatoms. The molecular formula is C23H29ClN2O2. The number of hydrogen-bond donors (Lipinski definition) is 1. The lowest BCUT2D eigenvalue weighted by atomic mass is 10.1. The third-order valence-corrected chi connectivity index (χ3v) is 5.29. The Morgan fingerprint density at radius 3 is 2.61 bits per heavy atom. The molecule has 0 aliphatic carbocycles. The van der Waals surface area contributed by atoms with Gasteiger partial charge in [-0.2, -0.15) is 0 Å². The smallest absolute Gasteiger partial charge is 0.261 e. The van der Waals surface area contributed by atoms with Crippen LogP contribution in [0.1, 0.15) is 43.7 Å². The molecule has 0 unspecified atom stereocenters. The molecular weight excluding hydrogens is 372 g/mol. The largest absolute Gasteiger partial charge is 0.481 e. The Morgan fingerprint density at radius 2 is 1.86 bits per heavy atom. The SMILES string of the molecule is CC[C@H](Oc1cccc(Cl)c1)C(=O)NCc1cccc(CN2CCCCC2)c1. The maximum Gasteiger partial charge on any atom is 0.261 e. The van der Waals surface area contributed by atoms with Gasteiger partial charge in [-0.15, -0.1) is 0 Å². The summed E-state index contributed by atoms with van der Waals surface area (Å²) in [4.78, 5) is 15.1. The topological polar surface area (TPSA) is 41.6 Å². The van der Waals surface area contributed by atoms with Gasteiger partial charge in [0.1, 0.15) is 5.75 Å². The number of hydrogen-bond acceptors (Lipinski definition) is 3. The molecule has 1 fully saturated rings. The predicted molar refractivity (Wildman–Crippen MR) is 114 cm³/mol. The van der Waals surface area contributed by atoms with Gasteiger partial charge in [-0.1, -0.05) is 55.3 Å². The number of nitrogens with zero attached hydrogens (tertiary/aromatic N) is 1. The number of halogens is 1. The van der Waals surface area contributed by atoms with Crippen LogP contribution >= 0.6 is 11.6 Å². The number of ether oxygens (including phenoxy) is 1. The van der Waals surface area contributed by atoms with Gasteiger partial charge < -0.3 is 10.1 Å². The Hall–Kier alpha value is -2.04. The van der Waals surface area contributed by atoms with Crippen LogP contribution in [0, 0.1) is 0 Å². The molecule has 3 rings (SSSR count). The van der Waals surface area contributed by atoms with Gasteiger partial charge in [-0.25, -0.2) is 0 Å². The second-order valence-electron chi connectivity index (χ2n) is 7.35. The van der Waals surface area contributed by atoms with Crippen molar-refractivity contribution in [3.63, 3.8) is 0 Å². The minimum absolute atomic E-state index is 0.107. The maximum atomic E-state index is 12.6. The van der Waals surface area contributed by atoms with E-state index in [0.717, 1.165) is 12.1 Å². The molecule has 1 atom stereocenters.